The fraction of sp³-hybridized carbons (Fsp3) is 0.167. The van der Waals surface area contributed by atoms with Crippen molar-refractivity contribution >= 4 is 28.6 Å². The number of aryl methyl sites for hydroxylation is 1. The third-order valence-corrected chi connectivity index (χ3v) is 3.62. The summed E-state index contributed by atoms with van der Waals surface area (Å²) in [6, 6.07) is 4.22. The molecule has 0 spiro atoms. The summed E-state index contributed by atoms with van der Waals surface area (Å²) in [5.41, 5.74) is 6.55. The van der Waals surface area contributed by atoms with E-state index in [9.17, 15) is 0 Å². The van der Waals surface area contributed by atoms with Gasteiger partial charge in [0.1, 0.15) is 5.82 Å². The number of hydrogen-bond donors (Lipinski definition) is 2. The first kappa shape index (κ1) is 11.0. The van der Waals surface area contributed by atoms with E-state index in [0.717, 1.165) is 12.2 Å². The van der Waals surface area contributed by atoms with E-state index in [4.69, 9.17) is 5.73 Å². The average molecular weight is 259 g/mol. The molecule has 0 aromatic carbocycles. The number of imidazole rings is 1. The highest BCUT2D eigenvalue weighted by molar-refractivity contribution is 7.11. The van der Waals surface area contributed by atoms with Crippen LogP contribution in [0.5, 0.6) is 0 Å². The van der Waals surface area contributed by atoms with Crippen molar-refractivity contribution < 1.29 is 0 Å². The number of aromatic nitrogens is 3. The van der Waals surface area contributed by atoms with Crippen molar-refractivity contribution in [3.8, 4) is 0 Å². The third kappa shape index (κ3) is 2.02. The molecule has 0 amide bonds. The van der Waals surface area contributed by atoms with Gasteiger partial charge >= 0.3 is 0 Å². The Kier molecular flexibility index (Phi) is 2.64. The average Bonchev–Trinajstić information content (AvgIpc) is 2.94. The van der Waals surface area contributed by atoms with Crippen molar-refractivity contribution in [1.29, 1.82) is 0 Å². The molecule has 92 valence electrons. The van der Waals surface area contributed by atoms with Gasteiger partial charge in [-0.2, -0.15) is 0 Å². The molecule has 0 saturated heterocycles. The zero-order valence-corrected chi connectivity index (χ0v) is 10.7. The Hall–Kier alpha value is -2.08. The summed E-state index contributed by atoms with van der Waals surface area (Å²) in [6.07, 6.45) is 5.34. The van der Waals surface area contributed by atoms with Gasteiger partial charge in [0, 0.05) is 22.1 Å². The molecule has 0 bridgehead atoms. The molecule has 3 rings (SSSR count). The van der Waals surface area contributed by atoms with Crippen molar-refractivity contribution in [1.82, 2.24) is 14.4 Å². The van der Waals surface area contributed by atoms with Gasteiger partial charge in [0.2, 0.25) is 0 Å². The lowest BCUT2D eigenvalue weighted by atomic mass is 10.4. The number of nitrogen functional groups attached to an aromatic ring is 1. The quantitative estimate of drug-likeness (QED) is 0.757. The summed E-state index contributed by atoms with van der Waals surface area (Å²) in [5, 5.41) is 3.28. The van der Waals surface area contributed by atoms with Gasteiger partial charge in [0.05, 0.1) is 12.7 Å². The number of thiophene rings is 1. The van der Waals surface area contributed by atoms with Crippen LogP contribution in [0.3, 0.4) is 0 Å². The molecule has 3 N–H and O–H groups in total. The molecule has 0 aliphatic rings. The fourth-order valence-corrected chi connectivity index (χ4v) is 2.65. The minimum Gasteiger partial charge on any atom is -0.382 e. The van der Waals surface area contributed by atoms with Crippen molar-refractivity contribution in [3.63, 3.8) is 0 Å². The number of fused-ring (bicyclic) bond motifs is 1. The lowest BCUT2D eigenvalue weighted by Gasteiger charge is -2.06. The Morgan fingerprint density at radius 3 is 3.11 bits per heavy atom. The first-order valence-corrected chi connectivity index (χ1v) is 6.42. The molecular formula is C12H13N5S. The van der Waals surface area contributed by atoms with E-state index >= 15 is 0 Å². The Balaban J connectivity index is 1.87. The second-order valence-electron chi connectivity index (χ2n) is 4.04. The summed E-state index contributed by atoms with van der Waals surface area (Å²) in [4.78, 5) is 11.1. The Bertz CT molecular complexity index is 685. The lowest BCUT2D eigenvalue weighted by Crippen LogP contribution is -2.05. The van der Waals surface area contributed by atoms with Gasteiger partial charge < -0.3 is 15.5 Å². The molecule has 0 saturated carbocycles. The Labute approximate surface area is 108 Å². The van der Waals surface area contributed by atoms with Crippen LogP contribution in [0.2, 0.25) is 0 Å². The van der Waals surface area contributed by atoms with Crippen molar-refractivity contribution in [2.24, 2.45) is 0 Å². The third-order valence-electron chi connectivity index (χ3n) is 2.62. The first-order valence-electron chi connectivity index (χ1n) is 5.61. The Morgan fingerprint density at radius 1 is 1.44 bits per heavy atom. The smallest absolute Gasteiger partial charge is 0.180 e. The predicted octanol–water partition coefficient (Wildman–Crippen LogP) is 2.29. The minimum atomic E-state index is 0.477. The van der Waals surface area contributed by atoms with Crippen LogP contribution < -0.4 is 11.1 Å². The van der Waals surface area contributed by atoms with E-state index in [1.54, 1.807) is 23.7 Å². The summed E-state index contributed by atoms with van der Waals surface area (Å²) < 4.78 is 1.87. The molecule has 18 heavy (non-hydrogen) atoms. The molecule has 0 fully saturated rings. The van der Waals surface area contributed by atoms with E-state index in [1.165, 1.54) is 9.75 Å². The van der Waals surface area contributed by atoms with Gasteiger partial charge in [-0.05, 0) is 19.1 Å². The summed E-state index contributed by atoms with van der Waals surface area (Å²) in [6.45, 7) is 2.83. The molecule has 3 heterocycles. The van der Waals surface area contributed by atoms with Crippen LogP contribution in [0.1, 0.15) is 9.75 Å². The van der Waals surface area contributed by atoms with Crippen LogP contribution in [0.25, 0.3) is 5.65 Å². The van der Waals surface area contributed by atoms with Gasteiger partial charge in [0.15, 0.2) is 11.5 Å². The largest absolute Gasteiger partial charge is 0.382 e. The monoisotopic (exact) mass is 259 g/mol. The van der Waals surface area contributed by atoms with Gasteiger partial charge in [-0.15, -0.1) is 11.3 Å². The number of rotatable bonds is 3. The molecule has 3 aromatic heterocycles. The number of nitrogens with two attached hydrogens (primary N) is 1. The fourth-order valence-electron chi connectivity index (χ4n) is 1.82. The van der Waals surface area contributed by atoms with Crippen LogP contribution in [-0.4, -0.2) is 14.4 Å². The topological polar surface area (TPSA) is 68.2 Å². The zero-order chi connectivity index (χ0) is 12.5. The highest BCUT2D eigenvalue weighted by Crippen LogP contribution is 2.19. The van der Waals surface area contributed by atoms with E-state index in [2.05, 4.69) is 34.3 Å². The molecule has 0 aliphatic carbocycles. The molecule has 0 unspecified atom stereocenters. The standard InChI is InChI=1S/C12H13N5S/c1-8-2-3-9(18-8)6-15-11-12-14-4-5-17(12)7-10(13)16-11/h2-5,7H,6,13H2,1H3,(H,15,16). The molecular weight excluding hydrogens is 246 g/mol. The second-order valence-corrected chi connectivity index (χ2v) is 5.41. The molecule has 5 nitrogen and oxygen atoms in total. The lowest BCUT2D eigenvalue weighted by molar-refractivity contribution is 1.09. The van der Waals surface area contributed by atoms with Crippen molar-refractivity contribution in [2.75, 3.05) is 11.1 Å². The molecule has 6 heteroatoms. The number of nitrogens with zero attached hydrogens (tertiary/aromatic N) is 3. The zero-order valence-electron chi connectivity index (χ0n) is 9.92. The maximum absolute atomic E-state index is 5.76. The number of hydrogen-bond acceptors (Lipinski definition) is 5. The van der Waals surface area contributed by atoms with E-state index in [-0.39, 0.29) is 0 Å². The maximum atomic E-state index is 5.76. The van der Waals surface area contributed by atoms with E-state index in [1.807, 2.05) is 10.6 Å². The normalized spacial score (nSPS) is 10.9. The maximum Gasteiger partial charge on any atom is 0.180 e. The molecule has 0 atom stereocenters. The highest BCUT2D eigenvalue weighted by Gasteiger charge is 2.06. The molecule has 0 radical (unpaired) electrons. The highest BCUT2D eigenvalue weighted by atomic mass is 32.1. The first-order chi connectivity index (χ1) is 8.72. The summed E-state index contributed by atoms with van der Waals surface area (Å²) >= 11 is 1.77. The van der Waals surface area contributed by atoms with Crippen LogP contribution in [0.4, 0.5) is 11.6 Å². The van der Waals surface area contributed by atoms with E-state index < -0.39 is 0 Å². The van der Waals surface area contributed by atoms with Gasteiger partial charge in [0.25, 0.3) is 0 Å². The van der Waals surface area contributed by atoms with Gasteiger partial charge in [-0.1, -0.05) is 0 Å². The minimum absolute atomic E-state index is 0.477. The van der Waals surface area contributed by atoms with Gasteiger partial charge in [-0.25, -0.2) is 9.97 Å². The van der Waals surface area contributed by atoms with Crippen LogP contribution in [0, 0.1) is 6.92 Å². The molecule has 3 aromatic rings. The van der Waals surface area contributed by atoms with Crippen LogP contribution in [-0.2, 0) is 6.54 Å². The van der Waals surface area contributed by atoms with Crippen molar-refractivity contribution in [2.45, 2.75) is 13.5 Å². The molecule has 0 aliphatic heterocycles. The Morgan fingerprint density at radius 2 is 2.33 bits per heavy atom. The number of nitrogens with one attached hydrogen (secondary N) is 1. The summed E-state index contributed by atoms with van der Waals surface area (Å²) in [5.74, 6) is 1.19. The van der Waals surface area contributed by atoms with Crippen molar-refractivity contribution in [3.05, 3.63) is 40.5 Å². The van der Waals surface area contributed by atoms with Gasteiger partial charge in [-0.3, -0.25) is 0 Å². The van der Waals surface area contributed by atoms with Crippen LogP contribution >= 0.6 is 11.3 Å². The number of anilines is 2. The SMILES string of the molecule is Cc1ccc(CNc2nc(N)cn3ccnc23)s1. The summed E-state index contributed by atoms with van der Waals surface area (Å²) in [7, 11) is 0. The van der Waals surface area contributed by atoms with Crippen LogP contribution in [0.15, 0.2) is 30.7 Å². The predicted molar refractivity (Wildman–Crippen MR) is 73.8 cm³/mol. The second kappa shape index (κ2) is 4.30. The van der Waals surface area contributed by atoms with E-state index in [0.29, 0.717) is 11.6 Å².